The van der Waals surface area contributed by atoms with Crippen molar-refractivity contribution >= 4 is 5.91 Å². The number of nitrogens with zero attached hydrogens (tertiary/aromatic N) is 1. The van der Waals surface area contributed by atoms with E-state index in [1.54, 1.807) is 0 Å². The normalized spacial score (nSPS) is 16.8. The van der Waals surface area contributed by atoms with E-state index in [1.807, 2.05) is 0 Å². The summed E-state index contributed by atoms with van der Waals surface area (Å²) in [6.45, 7) is -1.49. The molecule has 0 aromatic heterocycles. The van der Waals surface area contributed by atoms with Gasteiger partial charge in [-0.15, -0.1) is 0 Å². The van der Waals surface area contributed by atoms with Gasteiger partial charge in [-0.25, -0.2) is 0 Å². The van der Waals surface area contributed by atoms with Crippen LogP contribution in [0, 0.1) is 0 Å². The lowest BCUT2D eigenvalue weighted by Crippen LogP contribution is -2.50. The zero-order valence-electron chi connectivity index (χ0n) is 13.3. The molecule has 5 N–H and O–H groups in total. The molecule has 4 atom stereocenters. The number of likely N-dealkylation sites (N-methyl/N-ethyl adjacent to an activating group) is 1. The Hall–Kier alpha value is -1.72. The molecule has 1 amide bonds. The highest BCUT2D eigenvalue weighted by atomic mass is 19.4. The minimum atomic E-state index is -4.74. The Morgan fingerprint density at radius 1 is 1.08 bits per heavy atom. The molecule has 0 saturated heterocycles. The molecule has 7 nitrogen and oxygen atoms in total. The number of aliphatic hydroxyl groups excluding tert-OH is 5. The van der Waals surface area contributed by atoms with Gasteiger partial charge in [0.2, 0.25) is 0 Å². The van der Waals surface area contributed by atoms with Crippen molar-refractivity contribution in [3.05, 3.63) is 35.4 Å². The summed E-state index contributed by atoms with van der Waals surface area (Å²) in [4.78, 5) is 13.0. The van der Waals surface area contributed by atoms with E-state index < -0.39 is 60.8 Å². The van der Waals surface area contributed by atoms with E-state index in [-0.39, 0.29) is 0 Å². The number of alkyl halides is 3. The van der Waals surface area contributed by atoms with Crippen LogP contribution in [0.25, 0.3) is 0 Å². The first kappa shape index (κ1) is 21.3. The van der Waals surface area contributed by atoms with Crippen molar-refractivity contribution in [3.63, 3.8) is 0 Å². The fourth-order valence-corrected chi connectivity index (χ4v) is 2.16. The summed E-state index contributed by atoms with van der Waals surface area (Å²) in [7, 11) is 1.11. The lowest BCUT2D eigenvalue weighted by Gasteiger charge is -2.29. The maximum Gasteiger partial charge on any atom is 0.417 e. The summed E-state index contributed by atoms with van der Waals surface area (Å²) >= 11 is 0. The summed E-state index contributed by atoms with van der Waals surface area (Å²) < 4.78 is 38.9. The Kier molecular flexibility index (Phi) is 7.32. The molecule has 1 aromatic rings. The molecule has 0 bridgehead atoms. The quantitative estimate of drug-likeness (QED) is 0.431. The highest BCUT2D eigenvalue weighted by molar-refractivity contribution is 5.95. The standard InChI is InChI=1S/C15H20F3NO6/c1-19(6-10(21)12(23)13(24)11(22)7-20)14(25)8-4-2-3-5-9(8)15(16,17)18/h2-5,10-13,20-24H,6-7H2,1H3. The first-order chi connectivity index (χ1) is 11.5. The van der Waals surface area contributed by atoms with Gasteiger partial charge in [-0.2, -0.15) is 13.2 Å². The summed E-state index contributed by atoms with van der Waals surface area (Å²) in [5, 5.41) is 46.9. The average Bonchev–Trinajstić information content (AvgIpc) is 2.57. The van der Waals surface area contributed by atoms with E-state index in [1.165, 1.54) is 6.07 Å². The molecule has 0 fully saturated rings. The molecule has 10 heteroatoms. The van der Waals surface area contributed by atoms with Gasteiger partial charge in [-0.1, -0.05) is 12.1 Å². The first-order valence-electron chi connectivity index (χ1n) is 7.25. The van der Waals surface area contributed by atoms with Crippen LogP contribution < -0.4 is 0 Å². The number of benzene rings is 1. The van der Waals surface area contributed by atoms with E-state index in [2.05, 4.69) is 0 Å². The van der Waals surface area contributed by atoms with Crippen molar-refractivity contribution in [2.75, 3.05) is 20.2 Å². The molecule has 4 unspecified atom stereocenters. The van der Waals surface area contributed by atoms with Crippen LogP contribution in [0.5, 0.6) is 0 Å². The SMILES string of the molecule is CN(CC(O)C(O)C(O)C(O)CO)C(=O)c1ccccc1C(F)(F)F. The Morgan fingerprint density at radius 3 is 2.12 bits per heavy atom. The third kappa shape index (κ3) is 5.38. The maximum atomic E-state index is 13.0. The number of halogens is 3. The van der Waals surface area contributed by atoms with Gasteiger partial charge in [0.25, 0.3) is 5.91 Å². The monoisotopic (exact) mass is 367 g/mol. The molecule has 0 aliphatic rings. The topological polar surface area (TPSA) is 121 Å². The van der Waals surface area contributed by atoms with E-state index in [9.17, 15) is 38.4 Å². The number of hydrogen-bond donors (Lipinski definition) is 5. The van der Waals surface area contributed by atoms with E-state index >= 15 is 0 Å². The molecule has 0 heterocycles. The zero-order valence-corrected chi connectivity index (χ0v) is 13.3. The van der Waals surface area contributed by atoms with Gasteiger partial charge in [-0.05, 0) is 12.1 Å². The van der Waals surface area contributed by atoms with Crippen LogP contribution >= 0.6 is 0 Å². The molecular weight excluding hydrogens is 347 g/mol. The second-order valence-electron chi connectivity index (χ2n) is 5.53. The Balaban J connectivity index is 2.88. The van der Waals surface area contributed by atoms with Gasteiger partial charge in [0.05, 0.1) is 17.7 Å². The first-order valence-corrected chi connectivity index (χ1v) is 7.25. The van der Waals surface area contributed by atoms with E-state index in [0.717, 1.165) is 30.1 Å². The molecule has 142 valence electrons. The number of carbonyl (C=O) groups excluding carboxylic acids is 1. The fraction of sp³-hybridized carbons (Fsp3) is 0.533. The smallest absolute Gasteiger partial charge is 0.394 e. The molecule has 0 spiro atoms. The predicted molar refractivity (Wildman–Crippen MR) is 79.5 cm³/mol. The summed E-state index contributed by atoms with van der Waals surface area (Å²) in [6, 6.07) is 4.11. The van der Waals surface area contributed by atoms with E-state index in [0.29, 0.717) is 0 Å². The molecule has 0 aliphatic carbocycles. The van der Waals surface area contributed by atoms with Crippen LogP contribution in [0.15, 0.2) is 24.3 Å². The highest BCUT2D eigenvalue weighted by Crippen LogP contribution is 2.32. The Bertz CT molecular complexity index is 583. The zero-order chi connectivity index (χ0) is 19.4. The van der Waals surface area contributed by atoms with Crippen molar-refractivity contribution in [1.82, 2.24) is 4.90 Å². The summed E-state index contributed by atoms with van der Waals surface area (Å²) in [5.41, 5.74) is -1.77. The van der Waals surface area contributed by atoms with Gasteiger partial charge >= 0.3 is 6.18 Å². The number of rotatable bonds is 7. The van der Waals surface area contributed by atoms with Crippen molar-refractivity contribution in [2.45, 2.75) is 30.6 Å². The molecule has 25 heavy (non-hydrogen) atoms. The van der Waals surface area contributed by atoms with E-state index in [4.69, 9.17) is 5.11 Å². The van der Waals surface area contributed by atoms with Crippen molar-refractivity contribution < 1.29 is 43.5 Å². The van der Waals surface area contributed by atoms with Gasteiger partial charge in [-0.3, -0.25) is 4.79 Å². The average molecular weight is 367 g/mol. The summed E-state index contributed by atoms with van der Waals surface area (Å²) in [6.07, 6.45) is -12.0. The van der Waals surface area contributed by atoms with Crippen molar-refractivity contribution in [2.24, 2.45) is 0 Å². The highest BCUT2D eigenvalue weighted by Gasteiger charge is 2.36. The second-order valence-corrected chi connectivity index (χ2v) is 5.53. The maximum absolute atomic E-state index is 13.0. The van der Waals surface area contributed by atoms with Gasteiger partial charge < -0.3 is 30.4 Å². The van der Waals surface area contributed by atoms with Crippen LogP contribution in [0.3, 0.4) is 0 Å². The number of hydrogen-bond acceptors (Lipinski definition) is 6. The molecular formula is C15H20F3NO6. The van der Waals surface area contributed by atoms with Gasteiger partial charge in [0.1, 0.15) is 24.4 Å². The third-order valence-electron chi connectivity index (χ3n) is 3.60. The molecule has 0 saturated carbocycles. The molecule has 0 radical (unpaired) electrons. The van der Waals surface area contributed by atoms with Crippen LogP contribution in [0.2, 0.25) is 0 Å². The van der Waals surface area contributed by atoms with Crippen LogP contribution in [0.1, 0.15) is 15.9 Å². The van der Waals surface area contributed by atoms with Crippen molar-refractivity contribution in [1.29, 1.82) is 0 Å². The second kappa shape index (κ2) is 8.59. The van der Waals surface area contributed by atoms with Crippen molar-refractivity contribution in [3.8, 4) is 0 Å². The molecule has 0 aliphatic heterocycles. The minimum Gasteiger partial charge on any atom is -0.394 e. The van der Waals surface area contributed by atoms with Crippen LogP contribution in [-0.4, -0.2) is 81.0 Å². The predicted octanol–water partition coefficient (Wildman–Crippen LogP) is -0.787. The number of carbonyl (C=O) groups is 1. The van der Waals surface area contributed by atoms with Crippen LogP contribution in [0.4, 0.5) is 13.2 Å². The molecule has 1 rings (SSSR count). The van der Waals surface area contributed by atoms with Gasteiger partial charge in [0, 0.05) is 13.6 Å². The number of aliphatic hydroxyl groups is 5. The van der Waals surface area contributed by atoms with Gasteiger partial charge in [0.15, 0.2) is 0 Å². The lowest BCUT2D eigenvalue weighted by molar-refractivity contribution is -0.138. The summed E-state index contributed by atoms with van der Waals surface area (Å²) in [5.74, 6) is -1.05. The fourth-order valence-electron chi connectivity index (χ4n) is 2.16. The van der Waals surface area contributed by atoms with Crippen LogP contribution in [-0.2, 0) is 6.18 Å². The Labute approximate surface area is 141 Å². The minimum absolute atomic E-state index is 0.610. The Morgan fingerprint density at radius 2 is 1.60 bits per heavy atom. The lowest BCUT2D eigenvalue weighted by atomic mass is 10.0. The third-order valence-corrected chi connectivity index (χ3v) is 3.60. The largest absolute Gasteiger partial charge is 0.417 e. The number of amides is 1. The molecule has 1 aromatic carbocycles.